The maximum Gasteiger partial charge on any atom is 0.251 e. The molecule has 3 aromatic carbocycles. The van der Waals surface area contributed by atoms with Gasteiger partial charge in [0.25, 0.3) is 5.91 Å². The number of aliphatic hydroxyl groups excluding tert-OH is 1. The van der Waals surface area contributed by atoms with Crippen LogP contribution < -0.4 is 5.32 Å². The third-order valence-electron chi connectivity index (χ3n) is 6.52. The lowest BCUT2D eigenvalue weighted by atomic mass is 9.93. The van der Waals surface area contributed by atoms with E-state index in [1.807, 2.05) is 36.4 Å². The first kappa shape index (κ1) is 25.3. The van der Waals surface area contributed by atoms with E-state index in [1.54, 1.807) is 6.07 Å². The lowest BCUT2D eigenvalue weighted by Gasteiger charge is -2.25. The summed E-state index contributed by atoms with van der Waals surface area (Å²) in [6, 6.07) is 22.6. The fraction of sp³-hybridized carbons (Fsp3) is 0.276. The molecule has 0 aliphatic carbocycles. The van der Waals surface area contributed by atoms with E-state index in [2.05, 4.69) is 48.0 Å². The van der Waals surface area contributed by atoms with Crippen LogP contribution in [0.1, 0.15) is 57.4 Å². The Labute approximate surface area is 217 Å². The molecule has 4 nitrogen and oxygen atoms in total. The van der Waals surface area contributed by atoms with Crippen LogP contribution in [0.15, 0.2) is 79.1 Å². The van der Waals surface area contributed by atoms with E-state index >= 15 is 0 Å². The van der Waals surface area contributed by atoms with E-state index in [0.29, 0.717) is 34.5 Å². The summed E-state index contributed by atoms with van der Waals surface area (Å²) < 4.78 is 0. The number of carbonyl (C=O) groups is 1. The highest BCUT2D eigenvalue weighted by Crippen LogP contribution is 2.42. The van der Waals surface area contributed by atoms with Gasteiger partial charge in [0.15, 0.2) is 0 Å². The number of hydrogen-bond donors (Lipinski definition) is 2. The molecule has 1 fully saturated rings. The van der Waals surface area contributed by atoms with Gasteiger partial charge in [0.05, 0.1) is 5.76 Å². The number of likely N-dealkylation sites (tertiary alicyclic amines) is 1. The molecule has 0 aromatic heterocycles. The van der Waals surface area contributed by atoms with Crippen molar-refractivity contribution >= 4 is 29.1 Å². The van der Waals surface area contributed by atoms with Gasteiger partial charge < -0.3 is 10.4 Å². The number of benzene rings is 3. The number of aliphatic hydroxyl groups is 1. The number of hydrogen-bond acceptors (Lipinski definition) is 3. The first-order valence-corrected chi connectivity index (χ1v) is 12.5. The first-order chi connectivity index (χ1) is 16.8. The van der Waals surface area contributed by atoms with Gasteiger partial charge in [0, 0.05) is 47.7 Å². The van der Waals surface area contributed by atoms with E-state index < -0.39 is 0 Å². The van der Waals surface area contributed by atoms with E-state index in [9.17, 15) is 9.90 Å². The predicted molar refractivity (Wildman–Crippen MR) is 143 cm³/mol. The fourth-order valence-electron chi connectivity index (χ4n) is 4.68. The lowest BCUT2D eigenvalue weighted by molar-refractivity contribution is 0.0953. The zero-order valence-electron chi connectivity index (χ0n) is 19.8. The van der Waals surface area contributed by atoms with E-state index in [0.717, 1.165) is 25.1 Å². The zero-order chi connectivity index (χ0) is 24.9. The Morgan fingerprint density at radius 3 is 2.31 bits per heavy atom. The minimum atomic E-state index is -0.158. The van der Waals surface area contributed by atoms with Crippen LogP contribution in [-0.2, 0) is 6.54 Å². The Hall–Kier alpha value is -2.79. The zero-order valence-corrected chi connectivity index (χ0v) is 21.3. The lowest BCUT2D eigenvalue weighted by Crippen LogP contribution is -2.25. The molecule has 1 aliphatic heterocycles. The van der Waals surface area contributed by atoms with Gasteiger partial charge in [-0.05, 0) is 66.3 Å². The van der Waals surface area contributed by atoms with Crippen molar-refractivity contribution in [3.63, 3.8) is 0 Å². The van der Waals surface area contributed by atoms with E-state index in [-0.39, 0.29) is 17.7 Å². The highest BCUT2D eigenvalue weighted by molar-refractivity contribution is 6.34. The van der Waals surface area contributed by atoms with Gasteiger partial charge in [-0.3, -0.25) is 9.69 Å². The smallest absolute Gasteiger partial charge is 0.251 e. The average Bonchev–Trinajstić information content (AvgIpc) is 3.23. The summed E-state index contributed by atoms with van der Waals surface area (Å²) in [5.74, 6) is 0.228. The summed E-state index contributed by atoms with van der Waals surface area (Å²) in [5.41, 5.74) is 5.45. The van der Waals surface area contributed by atoms with Crippen molar-refractivity contribution in [1.29, 1.82) is 0 Å². The van der Waals surface area contributed by atoms with Gasteiger partial charge in [-0.25, -0.2) is 0 Å². The highest BCUT2D eigenvalue weighted by atomic mass is 35.5. The maximum atomic E-state index is 12.3. The standard InChI is InChI=1S/C29H30Cl2N2O2/c1-19-3-7-22(8-4-19)28-15-25(24-13-26(30)16-27(31)14-24)18-33(28)17-21-5-9-23(10-6-21)29(35)32-12-11-20(2)34/h3-10,13-14,16,25,28,34H,2,11-12,15,17-18H2,1H3,(H,32,35)/t25-,28-/m1/s1. The molecule has 182 valence electrons. The molecule has 6 heteroatoms. The van der Waals surface area contributed by atoms with Crippen molar-refractivity contribution in [2.24, 2.45) is 0 Å². The molecular weight excluding hydrogens is 479 g/mol. The third kappa shape index (κ3) is 6.66. The van der Waals surface area contributed by atoms with Crippen molar-refractivity contribution in [3.8, 4) is 0 Å². The molecule has 0 spiro atoms. The quantitative estimate of drug-likeness (QED) is 0.315. The molecule has 1 heterocycles. The molecule has 1 amide bonds. The molecule has 0 radical (unpaired) electrons. The minimum Gasteiger partial charge on any atom is -0.513 e. The Bertz CT molecular complexity index is 1170. The number of nitrogens with one attached hydrogen (secondary N) is 1. The second-order valence-corrected chi connectivity index (χ2v) is 10.1. The molecule has 3 aromatic rings. The molecule has 35 heavy (non-hydrogen) atoms. The molecule has 1 saturated heterocycles. The van der Waals surface area contributed by atoms with Crippen molar-refractivity contribution in [3.05, 3.63) is 117 Å². The summed E-state index contributed by atoms with van der Waals surface area (Å²) in [6.45, 7) is 7.56. The third-order valence-corrected chi connectivity index (χ3v) is 6.96. The summed E-state index contributed by atoms with van der Waals surface area (Å²) in [6.07, 6.45) is 1.33. The summed E-state index contributed by atoms with van der Waals surface area (Å²) in [7, 11) is 0. The van der Waals surface area contributed by atoms with Crippen LogP contribution in [0.2, 0.25) is 10.0 Å². The molecule has 0 bridgehead atoms. The SMILES string of the molecule is C=C(O)CCNC(=O)c1ccc(CN2C[C@H](c3cc(Cl)cc(Cl)c3)C[C@@H]2c2ccc(C)cc2)cc1. The topological polar surface area (TPSA) is 52.6 Å². The number of nitrogens with zero attached hydrogens (tertiary/aromatic N) is 1. The van der Waals surface area contributed by atoms with Crippen LogP contribution in [0.4, 0.5) is 0 Å². The van der Waals surface area contributed by atoms with E-state index in [4.69, 9.17) is 23.2 Å². The summed E-state index contributed by atoms with van der Waals surface area (Å²) in [5, 5.41) is 13.3. The monoisotopic (exact) mass is 508 g/mol. The number of halogens is 2. The van der Waals surface area contributed by atoms with Crippen LogP contribution in [0.25, 0.3) is 0 Å². The Kier molecular flexibility index (Phi) is 8.17. The minimum absolute atomic E-state index is 0.0627. The molecule has 1 aliphatic rings. The average molecular weight is 509 g/mol. The molecule has 4 rings (SSSR count). The summed E-state index contributed by atoms with van der Waals surface area (Å²) >= 11 is 12.6. The van der Waals surface area contributed by atoms with Crippen molar-refractivity contribution in [1.82, 2.24) is 10.2 Å². The van der Waals surface area contributed by atoms with Crippen LogP contribution in [0, 0.1) is 6.92 Å². The van der Waals surface area contributed by atoms with Crippen LogP contribution in [0.5, 0.6) is 0 Å². The molecule has 2 atom stereocenters. The van der Waals surface area contributed by atoms with Gasteiger partial charge in [-0.1, -0.05) is 71.7 Å². The number of aryl methyl sites for hydroxylation is 1. The predicted octanol–water partition coefficient (Wildman–Crippen LogP) is 7.22. The second-order valence-electron chi connectivity index (χ2n) is 9.26. The molecule has 0 unspecified atom stereocenters. The normalized spacial score (nSPS) is 17.9. The van der Waals surface area contributed by atoms with Crippen LogP contribution in [-0.4, -0.2) is 29.0 Å². The number of carbonyl (C=O) groups excluding carboxylic acids is 1. The highest BCUT2D eigenvalue weighted by Gasteiger charge is 2.34. The van der Waals surface area contributed by atoms with Gasteiger partial charge in [0.1, 0.15) is 0 Å². The van der Waals surface area contributed by atoms with Gasteiger partial charge in [0.2, 0.25) is 0 Å². The first-order valence-electron chi connectivity index (χ1n) is 11.8. The Balaban J connectivity index is 1.51. The Morgan fingerprint density at radius 2 is 1.69 bits per heavy atom. The van der Waals surface area contributed by atoms with Crippen molar-refractivity contribution in [2.75, 3.05) is 13.1 Å². The fourth-order valence-corrected chi connectivity index (χ4v) is 5.23. The van der Waals surface area contributed by atoms with Gasteiger partial charge in [-0.15, -0.1) is 0 Å². The van der Waals surface area contributed by atoms with Crippen LogP contribution >= 0.6 is 23.2 Å². The molecule has 0 saturated carbocycles. The number of rotatable bonds is 8. The van der Waals surface area contributed by atoms with Crippen molar-refractivity contribution in [2.45, 2.75) is 38.3 Å². The Morgan fingerprint density at radius 1 is 1.03 bits per heavy atom. The van der Waals surface area contributed by atoms with E-state index in [1.165, 1.54) is 16.7 Å². The van der Waals surface area contributed by atoms with Gasteiger partial charge >= 0.3 is 0 Å². The maximum absolute atomic E-state index is 12.3. The largest absolute Gasteiger partial charge is 0.513 e. The molecular formula is C29H30Cl2N2O2. The number of amides is 1. The van der Waals surface area contributed by atoms with Crippen molar-refractivity contribution < 1.29 is 9.90 Å². The van der Waals surface area contributed by atoms with Gasteiger partial charge in [-0.2, -0.15) is 0 Å². The summed E-state index contributed by atoms with van der Waals surface area (Å²) in [4.78, 5) is 14.8. The van der Waals surface area contributed by atoms with Crippen LogP contribution in [0.3, 0.4) is 0 Å². The molecule has 2 N–H and O–H groups in total. The second kappa shape index (κ2) is 11.3.